The van der Waals surface area contributed by atoms with Crippen LogP contribution in [0.3, 0.4) is 0 Å². The summed E-state index contributed by atoms with van der Waals surface area (Å²) in [7, 11) is -1.21. The third-order valence-corrected chi connectivity index (χ3v) is 9.19. The summed E-state index contributed by atoms with van der Waals surface area (Å²) in [4.78, 5) is 27.3. The zero-order valence-corrected chi connectivity index (χ0v) is 24.0. The molecule has 3 aromatic heterocycles. The quantitative estimate of drug-likeness (QED) is 0.250. The van der Waals surface area contributed by atoms with E-state index in [4.69, 9.17) is 21.6 Å². The maximum atomic E-state index is 13.0. The summed E-state index contributed by atoms with van der Waals surface area (Å²) in [5, 5.41) is 8.92. The number of imidazole rings is 1. The number of nitrogens with one attached hydrogen (secondary N) is 2. The minimum absolute atomic E-state index is 0.113. The molecule has 1 amide bonds. The second-order valence-corrected chi connectivity index (χ2v) is 12.2. The predicted octanol–water partition coefficient (Wildman–Crippen LogP) is 5.73. The van der Waals surface area contributed by atoms with Gasteiger partial charge in [-0.25, -0.2) is 23.5 Å². The lowest BCUT2D eigenvalue weighted by molar-refractivity contribution is -0.114. The van der Waals surface area contributed by atoms with E-state index >= 15 is 0 Å². The number of benzene rings is 2. The van der Waals surface area contributed by atoms with Gasteiger partial charge in [0.25, 0.3) is 0 Å². The van der Waals surface area contributed by atoms with Crippen molar-refractivity contribution in [2.45, 2.75) is 30.7 Å². The van der Waals surface area contributed by atoms with Gasteiger partial charge in [0.15, 0.2) is 4.96 Å². The van der Waals surface area contributed by atoms with Crippen molar-refractivity contribution in [3.63, 3.8) is 0 Å². The van der Waals surface area contributed by atoms with Crippen molar-refractivity contribution in [2.75, 3.05) is 23.7 Å². The van der Waals surface area contributed by atoms with Crippen molar-refractivity contribution in [2.24, 2.45) is 0 Å². The SMILES string of the molecule is CC(=O)Nc1ccc(-c2nc3sccn3c2-c2ccnc(NC3CCN(S(=O)c4ccc(Cl)cc4)CC3)n2)cc1. The molecule has 0 spiro atoms. The van der Waals surface area contributed by atoms with Crippen molar-refractivity contribution < 1.29 is 9.00 Å². The first-order valence-corrected chi connectivity index (χ1v) is 15.2. The van der Waals surface area contributed by atoms with E-state index in [9.17, 15) is 9.00 Å². The minimum Gasteiger partial charge on any atom is -0.351 e. The largest absolute Gasteiger partial charge is 0.351 e. The lowest BCUT2D eigenvalue weighted by atomic mass is 10.1. The number of nitrogens with zero attached hydrogens (tertiary/aromatic N) is 5. The summed E-state index contributed by atoms with van der Waals surface area (Å²) >= 11 is 7.53. The number of carbonyl (C=O) groups is 1. The van der Waals surface area contributed by atoms with Crippen molar-refractivity contribution in [3.05, 3.63) is 77.4 Å². The van der Waals surface area contributed by atoms with Crippen LogP contribution in [-0.2, 0) is 15.8 Å². The molecule has 1 aliphatic heterocycles. The highest BCUT2D eigenvalue weighted by Gasteiger charge is 2.25. The Balaban J connectivity index is 1.19. The molecular formula is C28H26ClN7O2S2. The molecule has 2 N–H and O–H groups in total. The van der Waals surface area contributed by atoms with E-state index in [1.807, 2.05) is 62.7 Å². The Labute approximate surface area is 242 Å². The van der Waals surface area contributed by atoms with Crippen LogP contribution in [0.25, 0.3) is 27.6 Å². The van der Waals surface area contributed by atoms with Gasteiger partial charge in [0, 0.05) is 60.1 Å². The molecule has 40 heavy (non-hydrogen) atoms. The highest BCUT2D eigenvalue weighted by molar-refractivity contribution is 7.82. The first kappa shape index (κ1) is 26.6. The van der Waals surface area contributed by atoms with Crippen molar-refractivity contribution in [3.8, 4) is 22.6 Å². The Bertz CT molecular complexity index is 1680. The van der Waals surface area contributed by atoms with Gasteiger partial charge in [0.2, 0.25) is 11.9 Å². The highest BCUT2D eigenvalue weighted by atomic mass is 35.5. The third-order valence-electron chi connectivity index (χ3n) is 6.68. The van der Waals surface area contributed by atoms with Crippen molar-refractivity contribution in [1.82, 2.24) is 23.7 Å². The van der Waals surface area contributed by atoms with Gasteiger partial charge in [-0.15, -0.1) is 11.3 Å². The average Bonchev–Trinajstić information content (AvgIpc) is 3.56. The fraction of sp³-hybridized carbons (Fsp3) is 0.214. The molecule has 1 saturated heterocycles. The van der Waals surface area contributed by atoms with Crippen LogP contribution in [0.1, 0.15) is 19.8 Å². The zero-order chi connectivity index (χ0) is 27.6. The number of anilines is 2. The molecule has 1 fully saturated rings. The van der Waals surface area contributed by atoms with Crippen LogP contribution in [-0.4, -0.2) is 52.9 Å². The maximum Gasteiger partial charge on any atom is 0.223 e. The third kappa shape index (κ3) is 5.64. The van der Waals surface area contributed by atoms with Gasteiger partial charge in [-0.3, -0.25) is 9.20 Å². The van der Waals surface area contributed by atoms with Crippen LogP contribution in [0, 0.1) is 0 Å². The molecule has 1 atom stereocenters. The van der Waals surface area contributed by atoms with Crippen molar-refractivity contribution in [1.29, 1.82) is 0 Å². The van der Waals surface area contributed by atoms with E-state index in [1.165, 1.54) is 6.92 Å². The van der Waals surface area contributed by atoms with Gasteiger partial charge in [-0.1, -0.05) is 23.7 Å². The fourth-order valence-corrected chi connectivity index (χ4v) is 6.80. The monoisotopic (exact) mass is 591 g/mol. The van der Waals surface area contributed by atoms with Crippen LogP contribution in [0.2, 0.25) is 5.02 Å². The minimum atomic E-state index is -1.21. The van der Waals surface area contributed by atoms with E-state index in [1.54, 1.807) is 29.7 Å². The van der Waals surface area contributed by atoms with Crippen molar-refractivity contribution >= 4 is 56.4 Å². The number of thiazole rings is 1. The average molecular weight is 592 g/mol. The van der Waals surface area contributed by atoms with E-state index in [0.29, 0.717) is 24.1 Å². The van der Waals surface area contributed by atoms with Crippen LogP contribution >= 0.6 is 22.9 Å². The molecule has 0 bridgehead atoms. The lowest BCUT2D eigenvalue weighted by Crippen LogP contribution is -2.40. The molecule has 9 nitrogen and oxygen atoms in total. The molecular weight excluding hydrogens is 566 g/mol. The topological polar surface area (TPSA) is 105 Å². The maximum absolute atomic E-state index is 13.0. The summed E-state index contributed by atoms with van der Waals surface area (Å²) in [6.45, 7) is 2.88. The Kier molecular flexibility index (Phi) is 7.61. The number of fused-ring (bicyclic) bond motifs is 1. The number of amides is 1. The summed E-state index contributed by atoms with van der Waals surface area (Å²) in [6, 6.07) is 16.9. The summed E-state index contributed by atoms with van der Waals surface area (Å²) in [5.74, 6) is 0.435. The second-order valence-electron chi connectivity index (χ2n) is 9.44. The number of hydrogen-bond donors (Lipinski definition) is 2. The van der Waals surface area contributed by atoms with Gasteiger partial charge in [-0.2, -0.15) is 0 Å². The number of aromatic nitrogens is 4. The molecule has 0 saturated carbocycles. The molecule has 2 aromatic carbocycles. The first-order valence-electron chi connectivity index (χ1n) is 12.8. The molecule has 1 unspecified atom stereocenters. The highest BCUT2D eigenvalue weighted by Crippen LogP contribution is 2.34. The second kappa shape index (κ2) is 11.5. The predicted molar refractivity (Wildman–Crippen MR) is 160 cm³/mol. The van der Waals surface area contributed by atoms with Crippen LogP contribution in [0.4, 0.5) is 11.6 Å². The Morgan fingerprint density at radius 1 is 1.05 bits per heavy atom. The van der Waals surface area contributed by atoms with Gasteiger partial charge >= 0.3 is 0 Å². The first-order chi connectivity index (χ1) is 19.4. The Morgan fingerprint density at radius 2 is 1.80 bits per heavy atom. The number of hydrogen-bond acceptors (Lipinski definition) is 7. The van der Waals surface area contributed by atoms with Crippen LogP contribution in [0.15, 0.2) is 77.3 Å². The molecule has 0 radical (unpaired) electrons. The summed E-state index contributed by atoms with van der Waals surface area (Å²) in [5.41, 5.74) is 4.10. The van der Waals surface area contributed by atoms with Gasteiger partial charge < -0.3 is 10.6 Å². The van der Waals surface area contributed by atoms with Gasteiger partial charge in [-0.05, 0) is 55.3 Å². The summed E-state index contributed by atoms with van der Waals surface area (Å²) < 4.78 is 17.0. The number of carbonyl (C=O) groups excluding carboxylic acids is 1. The normalized spacial score (nSPS) is 15.2. The smallest absolute Gasteiger partial charge is 0.223 e. The number of piperidine rings is 1. The lowest BCUT2D eigenvalue weighted by Gasteiger charge is -2.31. The van der Waals surface area contributed by atoms with E-state index in [0.717, 1.165) is 51.0 Å². The number of halogens is 1. The molecule has 1 aliphatic rings. The molecule has 204 valence electrons. The molecule has 5 aromatic rings. The molecule has 6 rings (SSSR count). The standard InChI is InChI=1S/C28H26ClN7O2S2/c1-18(37)31-21-6-2-19(3-7-21)25-26(36-16-17-39-28(36)34-25)24-10-13-30-27(33-24)32-22-11-14-35(15-12-22)40(38)23-8-4-20(29)5-9-23/h2-10,13,16-17,22H,11-12,14-15H2,1H3,(H,31,37)(H,30,32,33). The fourth-order valence-electron chi connectivity index (χ4n) is 4.76. The van der Waals surface area contributed by atoms with Crippen LogP contribution in [0.5, 0.6) is 0 Å². The molecule has 4 heterocycles. The summed E-state index contributed by atoms with van der Waals surface area (Å²) in [6.07, 6.45) is 5.38. The van der Waals surface area contributed by atoms with Crippen LogP contribution < -0.4 is 10.6 Å². The van der Waals surface area contributed by atoms with Gasteiger partial charge in [0.1, 0.15) is 16.7 Å². The zero-order valence-electron chi connectivity index (χ0n) is 21.6. The Morgan fingerprint density at radius 3 is 2.52 bits per heavy atom. The number of rotatable bonds is 7. The Hall–Kier alpha value is -3.64. The van der Waals surface area contributed by atoms with E-state index in [2.05, 4.69) is 15.6 Å². The molecule has 12 heteroatoms. The molecule has 0 aliphatic carbocycles. The van der Waals surface area contributed by atoms with E-state index in [-0.39, 0.29) is 11.9 Å². The van der Waals surface area contributed by atoms with Gasteiger partial charge in [0.05, 0.1) is 16.3 Å². The van der Waals surface area contributed by atoms with E-state index < -0.39 is 11.0 Å².